The van der Waals surface area contributed by atoms with Gasteiger partial charge < -0.3 is 14.5 Å². The number of nitrogens with one attached hydrogen (secondary N) is 1. The van der Waals surface area contributed by atoms with Crippen molar-refractivity contribution in [3.8, 4) is 11.5 Å². The number of anilines is 1. The van der Waals surface area contributed by atoms with Crippen molar-refractivity contribution in [2.75, 3.05) is 11.9 Å². The number of aromatic nitrogens is 2. The first-order valence-corrected chi connectivity index (χ1v) is 8.54. The van der Waals surface area contributed by atoms with E-state index >= 15 is 0 Å². The first kappa shape index (κ1) is 17.4. The van der Waals surface area contributed by atoms with Crippen LogP contribution in [0, 0.1) is 0 Å². The van der Waals surface area contributed by atoms with Crippen LogP contribution in [0.1, 0.15) is 10.4 Å². The fourth-order valence-corrected chi connectivity index (χ4v) is 2.66. The standard InChI is InChI=1S/C21H15N3O4/c25-19(24-18-11-5-6-12-22-18)13-27-21(26)15-8-2-1-7-14(15)20-23-16-9-3-4-10-17(16)28-20/h1-12H,13H2,(H,22,24,25). The molecule has 7 heteroatoms. The molecule has 0 aliphatic heterocycles. The van der Waals surface area contributed by atoms with E-state index in [1.165, 1.54) is 0 Å². The number of benzene rings is 2. The molecule has 0 fully saturated rings. The van der Waals surface area contributed by atoms with Crippen molar-refractivity contribution in [3.05, 3.63) is 78.5 Å². The number of nitrogens with zero attached hydrogens (tertiary/aromatic N) is 2. The highest BCUT2D eigenvalue weighted by atomic mass is 16.5. The number of amides is 1. The molecule has 1 N–H and O–H groups in total. The summed E-state index contributed by atoms with van der Waals surface area (Å²) < 4.78 is 10.9. The maximum atomic E-state index is 12.5. The normalized spacial score (nSPS) is 10.6. The van der Waals surface area contributed by atoms with Crippen LogP contribution in [0.4, 0.5) is 5.82 Å². The summed E-state index contributed by atoms with van der Waals surface area (Å²) in [6, 6.07) is 19.2. The Balaban J connectivity index is 1.50. The molecule has 28 heavy (non-hydrogen) atoms. The third-order valence-corrected chi connectivity index (χ3v) is 3.94. The summed E-state index contributed by atoms with van der Waals surface area (Å²) >= 11 is 0. The first-order valence-electron chi connectivity index (χ1n) is 8.54. The highest BCUT2D eigenvalue weighted by Gasteiger charge is 2.19. The van der Waals surface area contributed by atoms with Crippen molar-refractivity contribution in [3.63, 3.8) is 0 Å². The molecule has 0 saturated carbocycles. The summed E-state index contributed by atoms with van der Waals surface area (Å²) in [5, 5.41) is 2.55. The van der Waals surface area contributed by atoms with Gasteiger partial charge in [0.15, 0.2) is 12.2 Å². The number of esters is 1. The van der Waals surface area contributed by atoms with Crippen LogP contribution in [0.3, 0.4) is 0 Å². The number of carbonyl (C=O) groups is 2. The van der Waals surface area contributed by atoms with Gasteiger partial charge >= 0.3 is 5.97 Å². The fraction of sp³-hybridized carbons (Fsp3) is 0.0476. The molecule has 4 aromatic rings. The maximum Gasteiger partial charge on any atom is 0.339 e. The summed E-state index contributed by atoms with van der Waals surface area (Å²) in [5.41, 5.74) is 2.07. The summed E-state index contributed by atoms with van der Waals surface area (Å²) in [7, 11) is 0. The molecule has 2 heterocycles. The lowest BCUT2D eigenvalue weighted by Crippen LogP contribution is -2.21. The quantitative estimate of drug-likeness (QED) is 0.536. The first-order chi connectivity index (χ1) is 13.7. The van der Waals surface area contributed by atoms with Crippen LogP contribution in [0.25, 0.3) is 22.6 Å². The SMILES string of the molecule is O=C(COC(=O)c1ccccc1-c1nc2ccccc2o1)Nc1ccccn1. The van der Waals surface area contributed by atoms with Gasteiger partial charge in [-0.3, -0.25) is 4.79 Å². The lowest BCUT2D eigenvalue weighted by molar-refractivity contribution is -0.119. The van der Waals surface area contributed by atoms with Gasteiger partial charge in [0.05, 0.1) is 11.1 Å². The number of fused-ring (bicyclic) bond motifs is 1. The summed E-state index contributed by atoms with van der Waals surface area (Å²) in [5.74, 6) is -0.428. The molecule has 4 rings (SSSR count). The molecule has 0 atom stereocenters. The van der Waals surface area contributed by atoms with E-state index < -0.39 is 18.5 Å². The van der Waals surface area contributed by atoms with E-state index in [2.05, 4.69) is 15.3 Å². The Morgan fingerprint density at radius 1 is 0.964 bits per heavy atom. The minimum atomic E-state index is -0.644. The second kappa shape index (κ2) is 7.71. The van der Waals surface area contributed by atoms with Crippen LogP contribution in [-0.2, 0) is 9.53 Å². The van der Waals surface area contributed by atoms with Crippen molar-refractivity contribution in [1.82, 2.24) is 9.97 Å². The predicted octanol–water partition coefficient (Wildman–Crippen LogP) is 3.69. The minimum Gasteiger partial charge on any atom is -0.452 e. The molecular formula is C21H15N3O4. The molecule has 2 aromatic carbocycles. The number of hydrogen-bond acceptors (Lipinski definition) is 6. The number of hydrogen-bond donors (Lipinski definition) is 1. The van der Waals surface area contributed by atoms with E-state index in [1.807, 2.05) is 18.2 Å². The van der Waals surface area contributed by atoms with Crippen LogP contribution in [-0.4, -0.2) is 28.5 Å². The molecule has 0 saturated heterocycles. The molecule has 2 aromatic heterocycles. The molecule has 0 radical (unpaired) electrons. The number of rotatable bonds is 5. The summed E-state index contributed by atoms with van der Waals surface area (Å²) in [6.07, 6.45) is 1.55. The lowest BCUT2D eigenvalue weighted by Gasteiger charge is -2.08. The van der Waals surface area contributed by atoms with Crippen LogP contribution in [0.15, 0.2) is 77.3 Å². The van der Waals surface area contributed by atoms with E-state index in [-0.39, 0.29) is 5.56 Å². The maximum absolute atomic E-state index is 12.5. The van der Waals surface area contributed by atoms with Gasteiger partial charge in [-0.15, -0.1) is 0 Å². The van der Waals surface area contributed by atoms with Crippen LogP contribution in [0.2, 0.25) is 0 Å². The monoisotopic (exact) mass is 373 g/mol. The molecule has 7 nitrogen and oxygen atoms in total. The Labute approximate surface area is 160 Å². The minimum absolute atomic E-state index is 0.264. The zero-order valence-corrected chi connectivity index (χ0v) is 14.7. The molecule has 0 bridgehead atoms. The van der Waals surface area contributed by atoms with Gasteiger partial charge in [0.2, 0.25) is 5.89 Å². The van der Waals surface area contributed by atoms with E-state index in [0.29, 0.717) is 28.4 Å². The Kier molecular flexibility index (Phi) is 4.79. The van der Waals surface area contributed by atoms with Crippen LogP contribution in [0.5, 0.6) is 0 Å². The van der Waals surface area contributed by atoms with Crippen LogP contribution >= 0.6 is 0 Å². The third kappa shape index (κ3) is 3.73. The van der Waals surface area contributed by atoms with E-state index in [0.717, 1.165) is 0 Å². The fourth-order valence-electron chi connectivity index (χ4n) is 2.66. The molecule has 0 spiro atoms. The Bertz CT molecular complexity index is 1110. The summed E-state index contributed by atoms with van der Waals surface area (Å²) in [6.45, 7) is -0.433. The van der Waals surface area contributed by atoms with Gasteiger partial charge in [-0.1, -0.05) is 30.3 Å². The second-order valence-electron chi connectivity index (χ2n) is 5.87. The second-order valence-corrected chi connectivity index (χ2v) is 5.87. The van der Waals surface area contributed by atoms with Gasteiger partial charge in [0.1, 0.15) is 11.3 Å². The zero-order valence-electron chi connectivity index (χ0n) is 14.7. The zero-order chi connectivity index (χ0) is 19.3. The molecule has 138 valence electrons. The lowest BCUT2D eigenvalue weighted by atomic mass is 10.1. The Morgan fingerprint density at radius 3 is 2.57 bits per heavy atom. The van der Waals surface area contributed by atoms with Gasteiger partial charge in [-0.05, 0) is 36.4 Å². The molecular weight excluding hydrogens is 358 g/mol. The van der Waals surface area contributed by atoms with Crippen molar-refractivity contribution in [2.24, 2.45) is 0 Å². The average Bonchev–Trinajstić information content (AvgIpc) is 3.17. The van der Waals surface area contributed by atoms with Crippen molar-refractivity contribution in [2.45, 2.75) is 0 Å². The number of para-hydroxylation sites is 2. The third-order valence-electron chi connectivity index (χ3n) is 3.94. The molecule has 1 amide bonds. The average molecular weight is 373 g/mol. The van der Waals surface area contributed by atoms with Gasteiger partial charge in [0, 0.05) is 6.20 Å². The van der Waals surface area contributed by atoms with Crippen LogP contribution < -0.4 is 5.32 Å². The van der Waals surface area contributed by atoms with E-state index in [4.69, 9.17) is 9.15 Å². The topological polar surface area (TPSA) is 94.3 Å². The van der Waals surface area contributed by atoms with Crippen molar-refractivity contribution < 1.29 is 18.7 Å². The van der Waals surface area contributed by atoms with E-state index in [1.54, 1.807) is 54.7 Å². The number of pyridine rings is 1. The molecule has 0 aliphatic carbocycles. The highest BCUT2D eigenvalue weighted by Crippen LogP contribution is 2.27. The Hall–Kier alpha value is -4.00. The summed E-state index contributed by atoms with van der Waals surface area (Å²) in [4.78, 5) is 32.9. The van der Waals surface area contributed by atoms with Crippen molar-refractivity contribution in [1.29, 1.82) is 0 Å². The molecule has 0 unspecified atom stereocenters. The largest absolute Gasteiger partial charge is 0.452 e. The van der Waals surface area contributed by atoms with Gasteiger partial charge in [-0.2, -0.15) is 0 Å². The highest BCUT2D eigenvalue weighted by molar-refractivity contribution is 5.99. The Morgan fingerprint density at radius 2 is 1.75 bits per heavy atom. The number of carbonyl (C=O) groups excluding carboxylic acids is 2. The number of oxazole rings is 1. The van der Waals surface area contributed by atoms with Gasteiger partial charge in [-0.25, -0.2) is 14.8 Å². The predicted molar refractivity (Wildman–Crippen MR) is 103 cm³/mol. The van der Waals surface area contributed by atoms with E-state index in [9.17, 15) is 9.59 Å². The smallest absolute Gasteiger partial charge is 0.339 e. The number of ether oxygens (including phenoxy) is 1. The molecule has 0 aliphatic rings. The van der Waals surface area contributed by atoms with Crippen molar-refractivity contribution >= 4 is 28.8 Å². The van der Waals surface area contributed by atoms with Gasteiger partial charge in [0.25, 0.3) is 5.91 Å².